The Balaban J connectivity index is 0.00000148. The molecular formula is C31H45F. The van der Waals surface area contributed by atoms with Gasteiger partial charge in [0.2, 0.25) is 0 Å². The monoisotopic (exact) mass is 436 g/mol. The molecule has 0 N–H and O–H groups in total. The highest BCUT2D eigenvalue weighted by molar-refractivity contribution is 5.71. The van der Waals surface area contributed by atoms with Gasteiger partial charge >= 0.3 is 0 Å². The maximum atomic E-state index is 14.7. The Labute approximate surface area is 197 Å². The fraction of sp³-hybridized carbons (Fsp3) is 0.419. The van der Waals surface area contributed by atoms with E-state index in [1.807, 2.05) is 65.8 Å². The molecule has 0 saturated heterocycles. The standard InChI is InChI=1S/C25H27F.3C2H6/c1-3-5-6-7-20-10-14-22(15-11-20)24-17-16-23(18-25(24)26)21-12-8-19(4-2)9-13-21;3*1-2/h8-18H,3-7H2,1-2H3;3*1-2H3. The lowest BCUT2D eigenvalue weighted by Crippen LogP contribution is -1.89. The molecule has 3 aromatic rings. The number of rotatable bonds is 7. The molecule has 1 heteroatoms. The summed E-state index contributed by atoms with van der Waals surface area (Å²) in [5, 5.41) is 0. The van der Waals surface area contributed by atoms with E-state index in [1.54, 1.807) is 6.07 Å². The molecule has 0 atom stereocenters. The van der Waals surface area contributed by atoms with Crippen molar-refractivity contribution in [3.8, 4) is 22.3 Å². The summed E-state index contributed by atoms with van der Waals surface area (Å²) in [5.41, 5.74) is 6.21. The first-order valence-electron chi connectivity index (χ1n) is 12.7. The van der Waals surface area contributed by atoms with Crippen LogP contribution in [0.15, 0.2) is 66.7 Å². The van der Waals surface area contributed by atoms with Gasteiger partial charge in [-0.15, -0.1) is 0 Å². The van der Waals surface area contributed by atoms with Gasteiger partial charge in [-0.05, 0) is 53.1 Å². The Hall–Kier alpha value is -2.41. The van der Waals surface area contributed by atoms with Crippen molar-refractivity contribution in [1.82, 2.24) is 0 Å². The first-order valence-corrected chi connectivity index (χ1v) is 12.7. The molecule has 0 aliphatic rings. The minimum absolute atomic E-state index is 0.166. The van der Waals surface area contributed by atoms with Crippen molar-refractivity contribution in [2.24, 2.45) is 0 Å². The quantitative estimate of drug-likeness (QED) is 0.323. The van der Waals surface area contributed by atoms with Gasteiger partial charge in [0.15, 0.2) is 0 Å². The third-order valence-corrected chi connectivity index (χ3v) is 5.00. The Morgan fingerprint density at radius 1 is 0.562 bits per heavy atom. The number of aryl methyl sites for hydroxylation is 2. The van der Waals surface area contributed by atoms with Crippen molar-refractivity contribution < 1.29 is 4.39 Å². The third kappa shape index (κ3) is 9.39. The molecule has 176 valence electrons. The summed E-state index contributed by atoms with van der Waals surface area (Å²) in [6, 6.07) is 22.2. The molecule has 0 saturated carbocycles. The van der Waals surface area contributed by atoms with E-state index in [2.05, 4.69) is 50.2 Å². The summed E-state index contributed by atoms with van der Waals surface area (Å²) >= 11 is 0. The molecule has 3 aromatic carbocycles. The minimum Gasteiger partial charge on any atom is -0.206 e. The lowest BCUT2D eigenvalue weighted by atomic mass is 9.97. The maximum Gasteiger partial charge on any atom is 0.131 e. The van der Waals surface area contributed by atoms with Crippen molar-refractivity contribution >= 4 is 0 Å². The van der Waals surface area contributed by atoms with E-state index in [1.165, 1.54) is 30.4 Å². The summed E-state index contributed by atoms with van der Waals surface area (Å²) in [6.07, 6.45) is 5.83. The molecule has 0 unspecified atom stereocenters. The number of benzene rings is 3. The molecule has 32 heavy (non-hydrogen) atoms. The van der Waals surface area contributed by atoms with E-state index in [0.29, 0.717) is 5.56 Å². The van der Waals surface area contributed by atoms with Crippen LogP contribution < -0.4 is 0 Å². The third-order valence-electron chi connectivity index (χ3n) is 5.00. The zero-order valence-electron chi connectivity index (χ0n) is 21.8. The van der Waals surface area contributed by atoms with Gasteiger partial charge in [0.25, 0.3) is 0 Å². The molecule has 3 rings (SSSR count). The van der Waals surface area contributed by atoms with E-state index >= 15 is 0 Å². The Morgan fingerprint density at radius 2 is 1.06 bits per heavy atom. The number of hydrogen-bond acceptors (Lipinski definition) is 0. The highest BCUT2D eigenvalue weighted by Crippen LogP contribution is 2.28. The van der Waals surface area contributed by atoms with Crippen molar-refractivity contribution in [3.05, 3.63) is 83.7 Å². The maximum absolute atomic E-state index is 14.7. The van der Waals surface area contributed by atoms with Crippen LogP contribution in [-0.4, -0.2) is 0 Å². The van der Waals surface area contributed by atoms with Crippen molar-refractivity contribution in [3.63, 3.8) is 0 Å². The van der Waals surface area contributed by atoms with Crippen LogP contribution in [0.2, 0.25) is 0 Å². The molecule has 0 nitrogen and oxygen atoms in total. The number of unbranched alkanes of at least 4 members (excludes halogenated alkanes) is 2. The topological polar surface area (TPSA) is 0 Å². The Bertz CT molecular complexity index is 829. The summed E-state index contributed by atoms with van der Waals surface area (Å²) in [7, 11) is 0. The van der Waals surface area contributed by atoms with Gasteiger partial charge in [0.1, 0.15) is 5.82 Å². The molecule has 0 amide bonds. The molecule has 0 aliphatic heterocycles. The number of halogens is 1. The van der Waals surface area contributed by atoms with Crippen LogP contribution in [0.3, 0.4) is 0 Å². The Kier molecular flexibility index (Phi) is 16.8. The summed E-state index contributed by atoms with van der Waals surface area (Å²) in [6.45, 7) is 16.4. The normalized spacial score (nSPS) is 9.41. The smallest absolute Gasteiger partial charge is 0.131 e. The second kappa shape index (κ2) is 18.2. The van der Waals surface area contributed by atoms with Crippen LogP contribution in [0.4, 0.5) is 4.39 Å². The predicted octanol–water partition coefficient (Wildman–Crippen LogP) is 10.5. The van der Waals surface area contributed by atoms with E-state index in [-0.39, 0.29) is 5.82 Å². The molecule has 0 aliphatic carbocycles. The summed E-state index contributed by atoms with van der Waals surface area (Å²) < 4.78 is 14.7. The first-order chi connectivity index (χ1) is 15.7. The molecule has 0 aromatic heterocycles. The van der Waals surface area contributed by atoms with Gasteiger partial charge in [-0.1, -0.05) is 129 Å². The van der Waals surface area contributed by atoms with E-state index in [0.717, 1.165) is 29.5 Å². The van der Waals surface area contributed by atoms with Gasteiger partial charge in [-0.25, -0.2) is 4.39 Å². The zero-order chi connectivity index (χ0) is 24.4. The van der Waals surface area contributed by atoms with Crippen LogP contribution in [0, 0.1) is 5.82 Å². The van der Waals surface area contributed by atoms with Crippen LogP contribution >= 0.6 is 0 Å². The highest BCUT2D eigenvalue weighted by atomic mass is 19.1. The lowest BCUT2D eigenvalue weighted by molar-refractivity contribution is 0.632. The second-order valence-electron chi connectivity index (χ2n) is 6.90. The molecular weight excluding hydrogens is 391 g/mol. The zero-order valence-corrected chi connectivity index (χ0v) is 21.8. The van der Waals surface area contributed by atoms with Crippen LogP contribution in [-0.2, 0) is 12.8 Å². The van der Waals surface area contributed by atoms with E-state index in [9.17, 15) is 4.39 Å². The minimum atomic E-state index is -0.166. The van der Waals surface area contributed by atoms with Gasteiger partial charge in [0.05, 0.1) is 0 Å². The van der Waals surface area contributed by atoms with Gasteiger partial charge < -0.3 is 0 Å². The van der Waals surface area contributed by atoms with Crippen molar-refractivity contribution in [2.75, 3.05) is 0 Å². The van der Waals surface area contributed by atoms with Gasteiger partial charge in [-0.2, -0.15) is 0 Å². The molecule has 0 spiro atoms. The van der Waals surface area contributed by atoms with E-state index < -0.39 is 0 Å². The average Bonchev–Trinajstić information content (AvgIpc) is 2.88. The van der Waals surface area contributed by atoms with Gasteiger partial charge in [0, 0.05) is 5.56 Å². The fourth-order valence-electron chi connectivity index (χ4n) is 3.29. The average molecular weight is 437 g/mol. The summed E-state index contributed by atoms with van der Waals surface area (Å²) in [4.78, 5) is 0. The largest absolute Gasteiger partial charge is 0.206 e. The SMILES string of the molecule is CC.CC.CC.CCCCCc1ccc(-c2ccc(-c3ccc(CC)cc3)cc2F)cc1. The fourth-order valence-corrected chi connectivity index (χ4v) is 3.29. The van der Waals surface area contributed by atoms with Crippen LogP contribution in [0.1, 0.15) is 85.8 Å². The molecule has 0 heterocycles. The highest BCUT2D eigenvalue weighted by Gasteiger charge is 2.08. The lowest BCUT2D eigenvalue weighted by Gasteiger charge is -2.09. The van der Waals surface area contributed by atoms with Gasteiger partial charge in [-0.3, -0.25) is 0 Å². The van der Waals surface area contributed by atoms with Crippen molar-refractivity contribution in [2.45, 2.75) is 87.5 Å². The molecule has 0 radical (unpaired) electrons. The predicted molar refractivity (Wildman–Crippen MR) is 144 cm³/mol. The summed E-state index contributed by atoms with van der Waals surface area (Å²) in [5.74, 6) is -0.166. The molecule has 0 fully saturated rings. The van der Waals surface area contributed by atoms with Crippen LogP contribution in [0.5, 0.6) is 0 Å². The van der Waals surface area contributed by atoms with Crippen LogP contribution in [0.25, 0.3) is 22.3 Å². The first kappa shape index (κ1) is 29.6. The van der Waals surface area contributed by atoms with Crippen molar-refractivity contribution in [1.29, 1.82) is 0 Å². The van der Waals surface area contributed by atoms with E-state index in [4.69, 9.17) is 0 Å². The second-order valence-corrected chi connectivity index (χ2v) is 6.90. The Morgan fingerprint density at radius 3 is 1.56 bits per heavy atom. The number of hydrogen-bond donors (Lipinski definition) is 0. The molecule has 0 bridgehead atoms.